The molecule has 0 spiro atoms. The first-order valence-corrected chi connectivity index (χ1v) is 7.36. The van der Waals surface area contributed by atoms with Crippen molar-refractivity contribution in [3.8, 4) is 0 Å². The van der Waals surface area contributed by atoms with Crippen molar-refractivity contribution < 1.29 is 4.79 Å². The van der Waals surface area contributed by atoms with E-state index in [0.717, 1.165) is 10.4 Å². The fourth-order valence-electron chi connectivity index (χ4n) is 1.90. The molecule has 1 heterocycles. The van der Waals surface area contributed by atoms with E-state index in [-0.39, 0.29) is 0 Å². The van der Waals surface area contributed by atoms with Gasteiger partial charge in [-0.2, -0.15) is 5.10 Å². The molecule has 0 aliphatic heterocycles. The van der Waals surface area contributed by atoms with Crippen molar-refractivity contribution in [2.24, 2.45) is 10.8 Å². The van der Waals surface area contributed by atoms with Crippen LogP contribution in [0, 0.1) is 13.8 Å². The van der Waals surface area contributed by atoms with Gasteiger partial charge in [0.2, 0.25) is 0 Å². The summed E-state index contributed by atoms with van der Waals surface area (Å²) in [7, 11) is 0. The van der Waals surface area contributed by atoms with E-state index < -0.39 is 6.03 Å². The van der Waals surface area contributed by atoms with Gasteiger partial charge in [0.25, 0.3) is 0 Å². The van der Waals surface area contributed by atoms with Crippen LogP contribution in [0.15, 0.2) is 46.9 Å². The highest BCUT2D eigenvalue weighted by molar-refractivity contribution is 7.12. The molecule has 0 saturated heterocycles. The first kappa shape index (κ1) is 15.0. The van der Waals surface area contributed by atoms with Gasteiger partial charge in [0.1, 0.15) is 5.71 Å². The van der Waals surface area contributed by atoms with E-state index in [1.54, 1.807) is 11.3 Å². The van der Waals surface area contributed by atoms with Crippen LogP contribution in [0.25, 0.3) is 6.08 Å². The van der Waals surface area contributed by atoms with Gasteiger partial charge in [0, 0.05) is 0 Å². The van der Waals surface area contributed by atoms with Gasteiger partial charge in [0.05, 0.1) is 4.88 Å². The lowest BCUT2D eigenvalue weighted by Crippen LogP contribution is -2.25. The van der Waals surface area contributed by atoms with Gasteiger partial charge < -0.3 is 5.73 Å². The van der Waals surface area contributed by atoms with E-state index in [9.17, 15) is 4.79 Å². The Bertz CT molecular complexity index is 688. The first-order chi connectivity index (χ1) is 10.1. The quantitative estimate of drug-likeness (QED) is 0.659. The molecule has 0 aliphatic rings. The molecule has 2 amide bonds. The number of allylic oxidation sites excluding steroid dienone is 1. The van der Waals surface area contributed by atoms with Gasteiger partial charge in [0.15, 0.2) is 0 Å². The maximum absolute atomic E-state index is 10.8. The minimum atomic E-state index is -0.677. The number of nitrogens with one attached hydrogen (secondary N) is 1. The summed E-state index contributed by atoms with van der Waals surface area (Å²) in [6.45, 7) is 4.13. The number of amides is 2. The van der Waals surface area contributed by atoms with E-state index >= 15 is 0 Å². The molecule has 2 aromatic rings. The van der Waals surface area contributed by atoms with Crippen LogP contribution in [0.3, 0.4) is 0 Å². The summed E-state index contributed by atoms with van der Waals surface area (Å²) in [5.74, 6) is 0. The number of urea groups is 1. The lowest BCUT2D eigenvalue weighted by Gasteiger charge is -2.03. The first-order valence-electron chi connectivity index (χ1n) is 6.48. The lowest BCUT2D eigenvalue weighted by molar-refractivity contribution is 0.249. The number of thiophene rings is 1. The van der Waals surface area contributed by atoms with Crippen LogP contribution in [-0.2, 0) is 0 Å². The van der Waals surface area contributed by atoms with Crippen LogP contribution in [0.1, 0.15) is 21.6 Å². The Kier molecular flexibility index (Phi) is 4.90. The molecule has 3 N–H and O–H groups in total. The number of carbonyl (C=O) groups excluding carboxylic acids is 1. The third-order valence-corrected chi connectivity index (χ3v) is 3.80. The summed E-state index contributed by atoms with van der Waals surface area (Å²) in [4.78, 5) is 11.8. The van der Waals surface area contributed by atoms with Gasteiger partial charge in [-0.1, -0.05) is 35.9 Å². The summed E-state index contributed by atoms with van der Waals surface area (Å²) in [6.07, 6.45) is 3.86. The van der Waals surface area contributed by atoms with Crippen molar-refractivity contribution in [1.82, 2.24) is 5.43 Å². The molecule has 0 atom stereocenters. The van der Waals surface area contributed by atoms with E-state index in [2.05, 4.69) is 42.6 Å². The molecule has 108 valence electrons. The average molecular weight is 299 g/mol. The highest BCUT2D eigenvalue weighted by Crippen LogP contribution is 2.15. The summed E-state index contributed by atoms with van der Waals surface area (Å²) >= 11 is 1.55. The molecule has 0 bridgehead atoms. The molecule has 5 heteroatoms. The fraction of sp³-hybridized carbons (Fsp3) is 0.125. The number of rotatable bonds is 4. The number of carbonyl (C=O) groups is 1. The van der Waals surface area contributed by atoms with Crippen molar-refractivity contribution in [2.75, 3.05) is 0 Å². The Morgan fingerprint density at radius 2 is 2.14 bits per heavy atom. The van der Waals surface area contributed by atoms with Crippen molar-refractivity contribution in [2.45, 2.75) is 13.8 Å². The molecule has 0 fully saturated rings. The van der Waals surface area contributed by atoms with Crippen LogP contribution in [-0.4, -0.2) is 11.7 Å². The normalized spacial score (nSPS) is 11.8. The van der Waals surface area contributed by atoms with E-state index in [1.165, 1.54) is 11.1 Å². The molecule has 0 radical (unpaired) electrons. The van der Waals surface area contributed by atoms with Gasteiger partial charge in [-0.15, -0.1) is 11.3 Å². The zero-order valence-electron chi connectivity index (χ0n) is 12.0. The maximum atomic E-state index is 10.8. The van der Waals surface area contributed by atoms with Crippen LogP contribution in [0.4, 0.5) is 4.79 Å². The number of aryl methyl sites for hydroxylation is 2. The molecule has 0 unspecified atom stereocenters. The number of hydrogen-bond acceptors (Lipinski definition) is 3. The van der Waals surface area contributed by atoms with Gasteiger partial charge in [-0.3, -0.25) is 0 Å². The number of primary amides is 1. The molecule has 4 nitrogen and oxygen atoms in total. The molecule has 1 aromatic carbocycles. The van der Waals surface area contributed by atoms with Crippen LogP contribution >= 0.6 is 11.3 Å². The number of hydrazone groups is 1. The second kappa shape index (κ2) is 6.85. The van der Waals surface area contributed by atoms with E-state index in [4.69, 9.17) is 5.73 Å². The SMILES string of the molecule is Cc1ccc(C=CC(=NNC(N)=O)c2cccs2)c(C)c1. The molecular weight excluding hydrogens is 282 g/mol. The van der Waals surface area contributed by atoms with Gasteiger partial charge in [-0.05, 0) is 42.5 Å². The molecule has 0 saturated carbocycles. The summed E-state index contributed by atoms with van der Waals surface area (Å²) in [6, 6.07) is 9.46. The minimum Gasteiger partial charge on any atom is -0.350 e. The molecule has 2 rings (SSSR count). The third kappa shape index (κ3) is 4.29. The predicted octanol–water partition coefficient (Wildman–Crippen LogP) is 3.45. The molecule has 0 aliphatic carbocycles. The smallest absolute Gasteiger partial charge is 0.332 e. The fourth-order valence-corrected chi connectivity index (χ4v) is 2.59. The Labute approximate surface area is 128 Å². The Hall–Kier alpha value is -2.40. The van der Waals surface area contributed by atoms with Crippen LogP contribution in [0.5, 0.6) is 0 Å². The standard InChI is InChI=1S/C16H17N3OS/c1-11-5-6-13(12(2)10-11)7-8-14(18-19-16(17)20)15-4-3-9-21-15/h3-10H,1-2H3,(H3,17,19,20). The molecular formula is C16H17N3OS. The Balaban J connectivity index is 2.28. The van der Waals surface area contributed by atoms with Crippen LogP contribution < -0.4 is 11.2 Å². The second-order valence-electron chi connectivity index (χ2n) is 4.64. The highest BCUT2D eigenvalue weighted by Gasteiger charge is 2.02. The molecule has 21 heavy (non-hydrogen) atoms. The number of benzene rings is 1. The molecule has 1 aromatic heterocycles. The second-order valence-corrected chi connectivity index (χ2v) is 5.59. The van der Waals surface area contributed by atoms with E-state index in [0.29, 0.717) is 5.71 Å². The average Bonchev–Trinajstić information content (AvgIpc) is 2.94. The summed E-state index contributed by atoms with van der Waals surface area (Å²) in [5.41, 5.74) is 11.5. The van der Waals surface area contributed by atoms with E-state index in [1.807, 2.05) is 29.7 Å². The zero-order valence-corrected chi connectivity index (χ0v) is 12.8. The van der Waals surface area contributed by atoms with Crippen molar-refractivity contribution in [3.63, 3.8) is 0 Å². The maximum Gasteiger partial charge on any atom is 0.332 e. The number of hydrogen-bond donors (Lipinski definition) is 2. The van der Waals surface area contributed by atoms with Gasteiger partial charge >= 0.3 is 6.03 Å². The zero-order chi connectivity index (χ0) is 15.2. The Morgan fingerprint density at radius 3 is 2.76 bits per heavy atom. The van der Waals surface area contributed by atoms with Crippen LogP contribution in [0.2, 0.25) is 0 Å². The third-order valence-electron chi connectivity index (χ3n) is 2.91. The minimum absolute atomic E-state index is 0.670. The number of nitrogens with zero attached hydrogens (tertiary/aromatic N) is 1. The summed E-state index contributed by atoms with van der Waals surface area (Å²) < 4.78 is 0. The Morgan fingerprint density at radius 1 is 1.33 bits per heavy atom. The number of nitrogens with two attached hydrogens (primary N) is 1. The van der Waals surface area contributed by atoms with Crippen molar-refractivity contribution in [1.29, 1.82) is 0 Å². The topological polar surface area (TPSA) is 67.5 Å². The van der Waals surface area contributed by atoms with Crippen molar-refractivity contribution in [3.05, 3.63) is 63.4 Å². The van der Waals surface area contributed by atoms with Gasteiger partial charge in [-0.25, -0.2) is 10.2 Å². The lowest BCUT2D eigenvalue weighted by atomic mass is 10.0. The summed E-state index contributed by atoms with van der Waals surface area (Å²) in [5, 5.41) is 6.00. The predicted molar refractivity (Wildman–Crippen MR) is 88.5 cm³/mol. The highest BCUT2D eigenvalue weighted by atomic mass is 32.1. The van der Waals surface area contributed by atoms with Crippen molar-refractivity contribution >= 4 is 29.2 Å². The monoisotopic (exact) mass is 299 g/mol. The largest absolute Gasteiger partial charge is 0.350 e.